The zero-order chi connectivity index (χ0) is 13.5. The van der Waals surface area contributed by atoms with Crippen LogP contribution in [-0.2, 0) is 10.0 Å². The molecule has 0 heterocycles. The van der Waals surface area contributed by atoms with Gasteiger partial charge in [-0.05, 0) is 37.5 Å². The van der Waals surface area contributed by atoms with E-state index in [-0.39, 0.29) is 10.9 Å². The first-order chi connectivity index (χ1) is 8.37. The molecule has 100 valence electrons. The Hall–Kier alpha value is -1.14. The summed E-state index contributed by atoms with van der Waals surface area (Å²) in [5.41, 5.74) is 6.51. The zero-order valence-corrected chi connectivity index (χ0v) is 11.3. The summed E-state index contributed by atoms with van der Waals surface area (Å²) in [7, 11) is -3.78. The minimum atomic E-state index is -3.78. The maximum absolute atomic E-state index is 13.8. The molecule has 1 aliphatic rings. The van der Waals surface area contributed by atoms with E-state index in [1.165, 1.54) is 16.4 Å². The molecular formula is C12H17FN2O2S. The lowest BCUT2D eigenvalue weighted by atomic mass is 10.2. The molecule has 0 amide bonds. The largest absolute Gasteiger partial charge is 0.398 e. The van der Waals surface area contributed by atoms with Gasteiger partial charge < -0.3 is 5.73 Å². The molecule has 1 aromatic rings. The van der Waals surface area contributed by atoms with Crippen LogP contribution < -0.4 is 5.73 Å². The van der Waals surface area contributed by atoms with Crippen LogP contribution in [0.4, 0.5) is 10.1 Å². The number of halogens is 1. The number of nitrogens with zero attached hydrogens (tertiary/aromatic N) is 1. The number of anilines is 1. The van der Waals surface area contributed by atoms with Crippen molar-refractivity contribution in [2.24, 2.45) is 0 Å². The van der Waals surface area contributed by atoms with E-state index in [1.807, 2.05) is 0 Å². The van der Waals surface area contributed by atoms with E-state index < -0.39 is 15.8 Å². The van der Waals surface area contributed by atoms with Gasteiger partial charge in [-0.1, -0.05) is 6.92 Å². The van der Waals surface area contributed by atoms with Crippen LogP contribution in [0.1, 0.15) is 25.3 Å². The lowest BCUT2D eigenvalue weighted by molar-refractivity contribution is 0.417. The van der Waals surface area contributed by atoms with Gasteiger partial charge in [0.2, 0.25) is 10.0 Å². The normalized spacial score (nSPS) is 16.2. The van der Waals surface area contributed by atoms with Crippen molar-refractivity contribution in [3.05, 3.63) is 23.5 Å². The van der Waals surface area contributed by atoms with Crippen LogP contribution in [0.2, 0.25) is 0 Å². The molecular weight excluding hydrogens is 255 g/mol. The summed E-state index contributed by atoms with van der Waals surface area (Å²) >= 11 is 0. The van der Waals surface area contributed by atoms with E-state index in [2.05, 4.69) is 0 Å². The molecule has 0 aliphatic heterocycles. The third kappa shape index (κ3) is 2.22. The van der Waals surface area contributed by atoms with E-state index in [9.17, 15) is 12.8 Å². The van der Waals surface area contributed by atoms with Crippen LogP contribution >= 0.6 is 0 Å². The number of rotatable bonds is 4. The molecule has 0 saturated heterocycles. The van der Waals surface area contributed by atoms with Crippen molar-refractivity contribution in [2.75, 3.05) is 12.3 Å². The minimum absolute atomic E-state index is 0.0157. The maximum atomic E-state index is 13.8. The average molecular weight is 272 g/mol. The lowest BCUT2D eigenvalue weighted by Crippen LogP contribution is -2.33. The SMILES string of the molecule is CCN(C1CC1)S(=O)(=O)c1cc(N)c(C)cc1F. The van der Waals surface area contributed by atoms with Gasteiger partial charge in [0, 0.05) is 18.3 Å². The van der Waals surface area contributed by atoms with Gasteiger partial charge in [0.05, 0.1) is 0 Å². The Morgan fingerprint density at radius 3 is 2.56 bits per heavy atom. The molecule has 1 saturated carbocycles. The Balaban J connectivity index is 2.49. The van der Waals surface area contributed by atoms with Gasteiger partial charge in [0.25, 0.3) is 0 Å². The molecule has 0 aromatic heterocycles. The summed E-state index contributed by atoms with van der Waals surface area (Å²) in [5.74, 6) is -0.735. The van der Waals surface area contributed by atoms with E-state index in [1.54, 1.807) is 13.8 Å². The van der Waals surface area contributed by atoms with E-state index in [0.717, 1.165) is 12.8 Å². The topological polar surface area (TPSA) is 63.4 Å². The van der Waals surface area contributed by atoms with Crippen LogP contribution in [-0.4, -0.2) is 25.3 Å². The third-order valence-corrected chi connectivity index (χ3v) is 5.22. The first-order valence-electron chi connectivity index (χ1n) is 5.95. The van der Waals surface area contributed by atoms with E-state index in [4.69, 9.17) is 5.73 Å². The Morgan fingerprint density at radius 1 is 1.44 bits per heavy atom. The van der Waals surface area contributed by atoms with Crippen molar-refractivity contribution in [3.8, 4) is 0 Å². The molecule has 0 unspecified atom stereocenters. The van der Waals surface area contributed by atoms with E-state index >= 15 is 0 Å². The second-order valence-electron chi connectivity index (χ2n) is 4.58. The summed E-state index contributed by atoms with van der Waals surface area (Å²) in [4.78, 5) is -0.320. The molecule has 2 N–H and O–H groups in total. The second-order valence-corrected chi connectivity index (χ2v) is 6.44. The number of hydrogen-bond donors (Lipinski definition) is 1. The van der Waals surface area contributed by atoms with Gasteiger partial charge in [0.15, 0.2) is 0 Å². The molecule has 0 spiro atoms. The van der Waals surface area contributed by atoms with Crippen LogP contribution in [0, 0.1) is 12.7 Å². The van der Waals surface area contributed by atoms with Crippen LogP contribution in [0.3, 0.4) is 0 Å². The highest BCUT2D eigenvalue weighted by Crippen LogP contribution is 2.33. The van der Waals surface area contributed by atoms with Gasteiger partial charge in [-0.25, -0.2) is 12.8 Å². The van der Waals surface area contributed by atoms with Gasteiger partial charge >= 0.3 is 0 Å². The predicted octanol–water partition coefficient (Wildman–Crippen LogP) is 1.89. The fraction of sp³-hybridized carbons (Fsp3) is 0.500. The lowest BCUT2D eigenvalue weighted by Gasteiger charge is -2.20. The minimum Gasteiger partial charge on any atom is -0.398 e. The highest BCUT2D eigenvalue weighted by molar-refractivity contribution is 7.89. The summed E-state index contributed by atoms with van der Waals surface area (Å²) in [5, 5.41) is 0. The Bertz CT molecular complexity index is 568. The molecule has 0 bridgehead atoms. The summed E-state index contributed by atoms with van der Waals surface area (Å²) in [6, 6.07) is 2.40. The summed E-state index contributed by atoms with van der Waals surface area (Å²) in [6.45, 7) is 3.75. The Kier molecular flexibility index (Phi) is 3.33. The van der Waals surface area contributed by atoms with E-state index in [0.29, 0.717) is 17.8 Å². The fourth-order valence-corrected chi connectivity index (χ4v) is 3.76. The second kappa shape index (κ2) is 4.51. The molecule has 0 radical (unpaired) electrons. The standard InChI is InChI=1S/C12H17FN2O2S/c1-3-15(9-4-5-9)18(16,17)12-7-11(14)8(2)6-10(12)13/h6-7,9H,3-5,14H2,1-2H3. The molecule has 2 rings (SSSR count). The molecule has 6 heteroatoms. The number of nitrogen functional groups attached to an aromatic ring is 1. The number of hydrogen-bond acceptors (Lipinski definition) is 3. The van der Waals surface area contributed by atoms with Crippen LogP contribution in [0.25, 0.3) is 0 Å². The zero-order valence-electron chi connectivity index (χ0n) is 10.5. The van der Waals surface area contributed by atoms with Crippen molar-refractivity contribution in [1.82, 2.24) is 4.31 Å². The Labute approximate surface area is 107 Å². The highest BCUT2D eigenvalue weighted by atomic mass is 32.2. The molecule has 1 aliphatic carbocycles. The van der Waals surface area contributed by atoms with Crippen molar-refractivity contribution in [1.29, 1.82) is 0 Å². The maximum Gasteiger partial charge on any atom is 0.246 e. The van der Waals surface area contributed by atoms with Crippen LogP contribution in [0.5, 0.6) is 0 Å². The van der Waals surface area contributed by atoms with Gasteiger partial charge in [-0.3, -0.25) is 0 Å². The molecule has 18 heavy (non-hydrogen) atoms. The first kappa shape index (κ1) is 13.3. The predicted molar refractivity (Wildman–Crippen MR) is 68.1 cm³/mol. The number of nitrogens with two attached hydrogens (primary N) is 1. The first-order valence-corrected chi connectivity index (χ1v) is 7.39. The molecule has 4 nitrogen and oxygen atoms in total. The smallest absolute Gasteiger partial charge is 0.246 e. The number of aryl methyl sites for hydroxylation is 1. The fourth-order valence-electron chi connectivity index (χ4n) is 1.98. The van der Waals surface area contributed by atoms with Crippen molar-refractivity contribution < 1.29 is 12.8 Å². The van der Waals surface area contributed by atoms with Crippen molar-refractivity contribution in [2.45, 2.75) is 37.6 Å². The molecule has 0 atom stereocenters. The van der Waals surface area contributed by atoms with Crippen molar-refractivity contribution in [3.63, 3.8) is 0 Å². The quantitative estimate of drug-likeness (QED) is 0.851. The summed E-state index contributed by atoms with van der Waals surface area (Å²) in [6.07, 6.45) is 1.69. The summed E-state index contributed by atoms with van der Waals surface area (Å²) < 4.78 is 39.9. The van der Waals surface area contributed by atoms with Gasteiger partial charge in [-0.2, -0.15) is 4.31 Å². The highest BCUT2D eigenvalue weighted by Gasteiger charge is 2.38. The Morgan fingerprint density at radius 2 is 2.06 bits per heavy atom. The van der Waals surface area contributed by atoms with Gasteiger partial charge in [0.1, 0.15) is 10.7 Å². The third-order valence-electron chi connectivity index (χ3n) is 3.17. The number of benzene rings is 1. The van der Waals surface area contributed by atoms with Gasteiger partial charge in [-0.15, -0.1) is 0 Å². The molecule has 1 aromatic carbocycles. The molecule has 1 fully saturated rings. The average Bonchev–Trinajstić information content (AvgIpc) is 3.08. The monoisotopic (exact) mass is 272 g/mol. The van der Waals surface area contributed by atoms with Crippen LogP contribution in [0.15, 0.2) is 17.0 Å². The number of sulfonamides is 1. The van der Waals surface area contributed by atoms with Crippen molar-refractivity contribution >= 4 is 15.7 Å².